The smallest absolute Gasteiger partial charge is 0.407 e. The molecule has 1 aromatic heterocycles. The zero-order chi connectivity index (χ0) is 17.4. The molecule has 0 bridgehead atoms. The van der Waals surface area contributed by atoms with E-state index in [9.17, 15) is 9.90 Å². The SMILES string of the molecule is CC(C)(C)c1nnc(C2CCC(N(C(=O)O)C(C)(C)C)CC2)o1. The van der Waals surface area contributed by atoms with Gasteiger partial charge in [0.05, 0.1) is 0 Å². The molecule has 2 rings (SSSR count). The summed E-state index contributed by atoms with van der Waals surface area (Å²) in [7, 11) is 0. The molecule has 0 radical (unpaired) electrons. The van der Waals surface area contributed by atoms with Crippen molar-refractivity contribution in [2.75, 3.05) is 0 Å². The highest BCUT2D eigenvalue weighted by molar-refractivity contribution is 5.66. The monoisotopic (exact) mass is 323 g/mol. The van der Waals surface area contributed by atoms with Gasteiger partial charge in [0.15, 0.2) is 0 Å². The average Bonchev–Trinajstić information content (AvgIpc) is 2.86. The van der Waals surface area contributed by atoms with Gasteiger partial charge in [0.1, 0.15) is 0 Å². The van der Waals surface area contributed by atoms with Crippen LogP contribution in [0.3, 0.4) is 0 Å². The van der Waals surface area contributed by atoms with E-state index in [1.54, 1.807) is 4.90 Å². The van der Waals surface area contributed by atoms with Crippen molar-refractivity contribution in [2.24, 2.45) is 0 Å². The van der Waals surface area contributed by atoms with Crippen molar-refractivity contribution in [3.63, 3.8) is 0 Å². The Morgan fingerprint density at radius 2 is 1.65 bits per heavy atom. The van der Waals surface area contributed by atoms with Crippen LogP contribution < -0.4 is 0 Å². The van der Waals surface area contributed by atoms with Gasteiger partial charge in [-0.3, -0.25) is 0 Å². The lowest BCUT2D eigenvalue weighted by molar-refractivity contribution is 0.0534. The third-order valence-electron chi connectivity index (χ3n) is 4.42. The molecular formula is C17H29N3O3. The van der Waals surface area contributed by atoms with Crippen molar-refractivity contribution >= 4 is 6.09 Å². The van der Waals surface area contributed by atoms with Gasteiger partial charge in [0.25, 0.3) is 0 Å². The van der Waals surface area contributed by atoms with Crippen LogP contribution in [0.5, 0.6) is 0 Å². The van der Waals surface area contributed by atoms with E-state index < -0.39 is 6.09 Å². The van der Waals surface area contributed by atoms with Gasteiger partial charge in [-0.25, -0.2) is 4.79 Å². The van der Waals surface area contributed by atoms with Gasteiger partial charge in [-0.2, -0.15) is 0 Å². The Labute approximate surface area is 138 Å². The number of rotatable bonds is 2. The lowest BCUT2D eigenvalue weighted by Gasteiger charge is -2.42. The number of carbonyl (C=O) groups is 1. The Hall–Kier alpha value is -1.59. The molecule has 1 saturated carbocycles. The minimum absolute atomic E-state index is 0.0637. The first-order valence-corrected chi connectivity index (χ1v) is 8.36. The highest BCUT2D eigenvalue weighted by Gasteiger charge is 2.37. The molecule has 0 aromatic carbocycles. The Morgan fingerprint density at radius 1 is 1.09 bits per heavy atom. The van der Waals surface area contributed by atoms with Gasteiger partial charge in [-0.15, -0.1) is 10.2 Å². The number of carboxylic acid groups (broad SMARTS) is 1. The highest BCUT2D eigenvalue weighted by atomic mass is 16.4. The standard InChI is InChI=1S/C17H29N3O3/c1-16(2,3)14-19-18-13(23-14)11-7-9-12(10-8-11)20(15(21)22)17(4,5)6/h11-12H,7-10H2,1-6H3,(H,21,22). The molecule has 1 aromatic rings. The second-order valence-corrected chi connectivity index (χ2v) is 8.52. The zero-order valence-corrected chi connectivity index (χ0v) is 15.1. The topological polar surface area (TPSA) is 79.5 Å². The third kappa shape index (κ3) is 4.03. The third-order valence-corrected chi connectivity index (χ3v) is 4.42. The quantitative estimate of drug-likeness (QED) is 0.883. The predicted octanol–water partition coefficient (Wildman–Crippen LogP) is 4.17. The first-order valence-electron chi connectivity index (χ1n) is 8.36. The fourth-order valence-corrected chi connectivity index (χ4v) is 3.27. The van der Waals surface area contributed by atoms with E-state index in [-0.39, 0.29) is 22.9 Å². The normalized spacial score (nSPS) is 22.9. The summed E-state index contributed by atoms with van der Waals surface area (Å²) in [5, 5.41) is 17.9. The van der Waals surface area contributed by atoms with E-state index in [2.05, 4.69) is 31.0 Å². The fourth-order valence-electron chi connectivity index (χ4n) is 3.27. The summed E-state index contributed by atoms with van der Waals surface area (Å²) in [6, 6.07) is 0.0637. The molecule has 6 heteroatoms. The molecule has 0 unspecified atom stereocenters. The Balaban J connectivity index is 2.03. The number of hydrogen-bond acceptors (Lipinski definition) is 4. The van der Waals surface area contributed by atoms with E-state index >= 15 is 0 Å². The molecule has 1 fully saturated rings. The van der Waals surface area contributed by atoms with Crippen LogP contribution in [0, 0.1) is 0 Å². The summed E-state index contributed by atoms with van der Waals surface area (Å²) in [5.41, 5.74) is -0.526. The Morgan fingerprint density at radius 3 is 2.04 bits per heavy atom. The van der Waals surface area contributed by atoms with E-state index in [1.807, 2.05) is 20.8 Å². The summed E-state index contributed by atoms with van der Waals surface area (Å²) in [4.78, 5) is 13.2. The molecule has 0 aliphatic heterocycles. The molecule has 6 nitrogen and oxygen atoms in total. The van der Waals surface area contributed by atoms with E-state index in [4.69, 9.17) is 4.42 Å². The first kappa shape index (κ1) is 17.8. The van der Waals surface area contributed by atoms with Crippen molar-refractivity contribution in [1.82, 2.24) is 15.1 Å². The van der Waals surface area contributed by atoms with Gasteiger partial charge in [-0.1, -0.05) is 20.8 Å². The maximum atomic E-state index is 11.6. The van der Waals surface area contributed by atoms with Crippen LogP contribution >= 0.6 is 0 Å². The summed E-state index contributed by atoms with van der Waals surface area (Å²) in [5.74, 6) is 1.60. The van der Waals surface area contributed by atoms with Crippen molar-refractivity contribution in [3.8, 4) is 0 Å². The molecule has 1 heterocycles. The van der Waals surface area contributed by atoms with Gasteiger partial charge in [0, 0.05) is 22.9 Å². The predicted molar refractivity (Wildman–Crippen MR) is 87.6 cm³/mol. The Bertz CT molecular complexity index is 546. The lowest BCUT2D eigenvalue weighted by Crippen LogP contribution is -2.52. The average molecular weight is 323 g/mol. The molecule has 23 heavy (non-hydrogen) atoms. The van der Waals surface area contributed by atoms with Crippen molar-refractivity contribution in [1.29, 1.82) is 0 Å². The second kappa shape index (κ2) is 6.13. The molecule has 0 atom stereocenters. The molecule has 1 amide bonds. The lowest BCUT2D eigenvalue weighted by atomic mass is 9.84. The second-order valence-electron chi connectivity index (χ2n) is 8.52. The van der Waals surface area contributed by atoms with Crippen LogP contribution in [0.2, 0.25) is 0 Å². The summed E-state index contributed by atoms with van der Waals surface area (Å²) in [6.07, 6.45) is 2.60. The van der Waals surface area contributed by atoms with Crippen LogP contribution in [0.4, 0.5) is 4.79 Å². The molecule has 1 aliphatic carbocycles. The number of nitrogens with zero attached hydrogens (tertiary/aromatic N) is 3. The maximum Gasteiger partial charge on any atom is 0.407 e. The van der Waals surface area contributed by atoms with Gasteiger partial charge in [0.2, 0.25) is 11.8 Å². The van der Waals surface area contributed by atoms with Gasteiger partial charge in [-0.05, 0) is 46.5 Å². The van der Waals surface area contributed by atoms with Gasteiger partial charge < -0.3 is 14.4 Å². The van der Waals surface area contributed by atoms with Crippen LogP contribution in [0.1, 0.15) is 84.9 Å². The number of amides is 1. The van der Waals surface area contributed by atoms with E-state index in [0.717, 1.165) is 25.7 Å². The summed E-state index contributed by atoms with van der Waals surface area (Å²) in [6.45, 7) is 12.0. The van der Waals surface area contributed by atoms with Crippen LogP contribution in [-0.4, -0.2) is 37.9 Å². The van der Waals surface area contributed by atoms with Crippen LogP contribution in [0.25, 0.3) is 0 Å². The first-order chi connectivity index (χ1) is 10.5. The van der Waals surface area contributed by atoms with E-state index in [0.29, 0.717) is 11.8 Å². The molecule has 1 N–H and O–H groups in total. The number of aromatic nitrogens is 2. The molecule has 0 spiro atoms. The zero-order valence-electron chi connectivity index (χ0n) is 15.1. The van der Waals surface area contributed by atoms with Crippen molar-refractivity contribution < 1.29 is 14.3 Å². The minimum atomic E-state index is -0.839. The summed E-state index contributed by atoms with van der Waals surface area (Å²) < 4.78 is 5.85. The number of hydrogen-bond donors (Lipinski definition) is 1. The molecule has 1 aliphatic rings. The molecule has 130 valence electrons. The van der Waals surface area contributed by atoms with Crippen LogP contribution in [0.15, 0.2) is 4.42 Å². The fraction of sp³-hybridized carbons (Fsp3) is 0.824. The van der Waals surface area contributed by atoms with Crippen LogP contribution in [-0.2, 0) is 5.41 Å². The van der Waals surface area contributed by atoms with Crippen molar-refractivity contribution in [2.45, 2.75) is 90.1 Å². The largest absolute Gasteiger partial charge is 0.465 e. The highest BCUT2D eigenvalue weighted by Crippen LogP contribution is 2.37. The maximum absolute atomic E-state index is 11.6. The van der Waals surface area contributed by atoms with Gasteiger partial charge >= 0.3 is 6.09 Å². The van der Waals surface area contributed by atoms with E-state index in [1.165, 1.54) is 0 Å². The molecule has 0 saturated heterocycles. The summed E-state index contributed by atoms with van der Waals surface area (Å²) >= 11 is 0. The van der Waals surface area contributed by atoms with Crippen molar-refractivity contribution in [3.05, 3.63) is 11.8 Å². The molecular weight excluding hydrogens is 294 g/mol. The Kier molecular flexibility index (Phi) is 4.74. The minimum Gasteiger partial charge on any atom is -0.465 e.